The minimum Gasteiger partial charge on any atom is -0.305 e. The van der Waals surface area contributed by atoms with E-state index in [-0.39, 0.29) is 11.6 Å². The number of nitrogens with one attached hydrogen (secondary N) is 2. The molecule has 0 aliphatic carbocycles. The number of nitrogens with zero attached hydrogens (tertiary/aromatic N) is 5. The molecule has 0 saturated heterocycles. The Labute approximate surface area is 123 Å². The van der Waals surface area contributed by atoms with E-state index in [1.54, 1.807) is 35.2 Å². The number of anilines is 2. The van der Waals surface area contributed by atoms with Gasteiger partial charge in [-0.2, -0.15) is 15.6 Å². The molecule has 8 nitrogen and oxygen atoms in total. The first-order valence-electron chi connectivity index (χ1n) is 5.52. The molecular formula is C12H7N7OS. The number of pyridine rings is 1. The first-order valence-corrected chi connectivity index (χ1v) is 6.46. The summed E-state index contributed by atoms with van der Waals surface area (Å²) in [5, 5.41) is 24.8. The van der Waals surface area contributed by atoms with Crippen LogP contribution in [0, 0.1) is 22.7 Å². The Kier molecular flexibility index (Phi) is 4.54. The average Bonchev–Trinajstić information content (AvgIpc) is 3.04. The van der Waals surface area contributed by atoms with Crippen LogP contribution >= 0.6 is 11.3 Å². The number of thiazole rings is 1. The number of hydrogen-bond donors (Lipinski definition) is 2. The van der Waals surface area contributed by atoms with Crippen LogP contribution in [0.2, 0.25) is 0 Å². The van der Waals surface area contributed by atoms with Gasteiger partial charge in [-0.25, -0.2) is 9.97 Å². The zero-order valence-electron chi connectivity index (χ0n) is 10.4. The molecule has 1 amide bonds. The van der Waals surface area contributed by atoms with Gasteiger partial charge in [-0.3, -0.25) is 10.2 Å². The second-order valence-electron chi connectivity index (χ2n) is 3.56. The summed E-state index contributed by atoms with van der Waals surface area (Å²) < 4.78 is 0. The molecule has 0 aliphatic heterocycles. The highest BCUT2D eigenvalue weighted by Gasteiger charge is 2.08. The van der Waals surface area contributed by atoms with Crippen molar-refractivity contribution in [2.24, 2.45) is 5.10 Å². The number of hydrazone groups is 1. The molecule has 0 spiro atoms. The number of nitriles is 2. The zero-order chi connectivity index (χ0) is 15.1. The first-order chi connectivity index (χ1) is 10.2. The van der Waals surface area contributed by atoms with Gasteiger partial charge in [0.25, 0.3) is 5.91 Å². The quantitative estimate of drug-likeness (QED) is 0.652. The molecule has 0 unspecified atom stereocenters. The standard InChI is InChI=1S/C12H7N7OS/c13-3-9(4-14)19-18-8-1-2-11(15-5-8)17-12(20)10-6-21-7-16-10/h1-2,5-7,18H,(H,15,17,20). The van der Waals surface area contributed by atoms with Crippen molar-refractivity contribution in [3.8, 4) is 12.1 Å². The van der Waals surface area contributed by atoms with Gasteiger partial charge in [-0.15, -0.1) is 11.3 Å². The molecular weight excluding hydrogens is 290 g/mol. The highest BCUT2D eigenvalue weighted by atomic mass is 32.1. The lowest BCUT2D eigenvalue weighted by Gasteiger charge is -2.03. The predicted octanol–water partition coefficient (Wildman–Crippen LogP) is 1.61. The second-order valence-corrected chi connectivity index (χ2v) is 4.27. The van der Waals surface area contributed by atoms with Crippen molar-refractivity contribution in [1.29, 1.82) is 10.5 Å². The monoisotopic (exact) mass is 297 g/mol. The largest absolute Gasteiger partial charge is 0.305 e. The Morgan fingerprint density at radius 2 is 2.10 bits per heavy atom. The van der Waals surface area contributed by atoms with Crippen LogP contribution in [0.15, 0.2) is 34.3 Å². The molecule has 2 aromatic heterocycles. The molecule has 0 bridgehead atoms. The molecule has 0 atom stereocenters. The number of aromatic nitrogens is 2. The van der Waals surface area contributed by atoms with Crippen molar-refractivity contribution in [2.75, 3.05) is 10.7 Å². The molecule has 2 rings (SSSR count). The fourth-order valence-corrected chi connectivity index (χ4v) is 1.77. The van der Waals surface area contributed by atoms with Gasteiger partial charge in [-0.1, -0.05) is 0 Å². The molecule has 0 aromatic carbocycles. The maximum atomic E-state index is 11.7. The highest BCUT2D eigenvalue weighted by Crippen LogP contribution is 2.11. The first kappa shape index (κ1) is 14.1. The molecule has 21 heavy (non-hydrogen) atoms. The summed E-state index contributed by atoms with van der Waals surface area (Å²) in [5.74, 6) is 0.00190. The van der Waals surface area contributed by atoms with Crippen LogP contribution in [0.25, 0.3) is 0 Å². The lowest BCUT2D eigenvalue weighted by atomic mass is 10.4. The Bertz CT molecular complexity index is 721. The second kappa shape index (κ2) is 6.75. The van der Waals surface area contributed by atoms with Crippen LogP contribution in [-0.4, -0.2) is 21.6 Å². The lowest BCUT2D eigenvalue weighted by molar-refractivity contribution is 0.102. The van der Waals surface area contributed by atoms with Crippen LogP contribution in [0.5, 0.6) is 0 Å². The predicted molar refractivity (Wildman–Crippen MR) is 76.6 cm³/mol. The molecule has 2 N–H and O–H groups in total. The highest BCUT2D eigenvalue weighted by molar-refractivity contribution is 7.07. The maximum Gasteiger partial charge on any atom is 0.276 e. The SMILES string of the molecule is N#CC(C#N)=NNc1ccc(NC(=O)c2cscn2)nc1. The van der Waals surface area contributed by atoms with E-state index in [1.807, 2.05) is 0 Å². The van der Waals surface area contributed by atoms with Crippen LogP contribution in [0.1, 0.15) is 10.5 Å². The third kappa shape index (κ3) is 3.83. The van der Waals surface area contributed by atoms with Gasteiger partial charge in [0.05, 0.1) is 17.4 Å². The topological polar surface area (TPSA) is 127 Å². The summed E-state index contributed by atoms with van der Waals surface area (Å²) in [6, 6.07) is 6.39. The molecule has 2 heterocycles. The molecule has 0 saturated carbocycles. The Morgan fingerprint density at radius 1 is 1.29 bits per heavy atom. The van der Waals surface area contributed by atoms with E-state index in [2.05, 4.69) is 25.8 Å². The van der Waals surface area contributed by atoms with Crippen LogP contribution in [0.3, 0.4) is 0 Å². The minimum atomic E-state index is -0.348. The van der Waals surface area contributed by atoms with Gasteiger partial charge in [0, 0.05) is 5.38 Å². The van der Waals surface area contributed by atoms with Gasteiger partial charge >= 0.3 is 0 Å². The Morgan fingerprint density at radius 3 is 2.67 bits per heavy atom. The van der Waals surface area contributed by atoms with Crippen LogP contribution in [-0.2, 0) is 0 Å². The fraction of sp³-hybridized carbons (Fsp3) is 0. The lowest BCUT2D eigenvalue weighted by Crippen LogP contribution is -2.13. The zero-order valence-corrected chi connectivity index (χ0v) is 11.3. The van der Waals surface area contributed by atoms with E-state index in [0.29, 0.717) is 17.2 Å². The third-order valence-corrected chi connectivity index (χ3v) is 2.77. The molecule has 2 aromatic rings. The van der Waals surface area contributed by atoms with E-state index >= 15 is 0 Å². The summed E-state index contributed by atoms with van der Waals surface area (Å²) in [5.41, 5.74) is 4.58. The van der Waals surface area contributed by atoms with Gasteiger partial charge in [0.1, 0.15) is 23.7 Å². The van der Waals surface area contributed by atoms with E-state index in [0.717, 1.165) is 0 Å². The van der Waals surface area contributed by atoms with Gasteiger partial charge < -0.3 is 5.32 Å². The van der Waals surface area contributed by atoms with Crippen LogP contribution in [0.4, 0.5) is 11.5 Å². The van der Waals surface area contributed by atoms with Gasteiger partial charge in [-0.05, 0) is 12.1 Å². The third-order valence-electron chi connectivity index (χ3n) is 2.18. The summed E-state index contributed by atoms with van der Waals surface area (Å²) in [7, 11) is 0. The van der Waals surface area contributed by atoms with Gasteiger partial charge in [0.2, 0.25) is 5.71 Å². The van der Waals surface area contributed by atoms with Crippen molar-refractivity contribution in [1.82, 2.24) is 9.97 Å². The van der Waals surface area contributed by atoms with E-state index < -0.39 is 0 Å². The summed E-state index contributed by atoms with van der Waals surface area (Å²) in [6.45, 7) is 0. The van der Waals surface area contributed by atoms with Crippen molar-refractivity contribution >= 4 is 34.5 Å². The molecule has 0 fully saturated rings. The number of rotatable bonds is 4. The van der Waals surface area contributed by atoms with E-state index in [9.17, 15) is 4.79 Å². The molecule has 0 radical (unpaired) electrons. The molecule has 9 heteroatoms. The normalized spacial score (nSPS) is 9.05. The molecule has 0 aliphatic rings. The Balaban J connectivity index is 2.00. The fourth-order valence-electron chi connectivity index (χ4n) is 1.23. The smallest absolute Gasteiger partial charge is 0.276 e. The number of hydrogen-bond acceptors (Lipinski definition) is 8. The summed E-state index contributed by atoms with van der Waals surface area (Å²) in [4.78, 5) is 19.6. The van der Waals surface area contributed by atoms with Crippen molar-refractivity contribution < 1.29 is 4.79 Å². The van der Waals surface area contributed by atoms with E-state index in [1.165, 1.54) is 17.5 Å². The minimum absolute atomic E-state index is 0.295. The van der Waals surface area contributed by atoms with Gasteiger partial charge in [0.15, 0.2) is 0 Å². The summed E-state index contributed by atoms with van der Waals surface area (Å²) in [6.07, 6.45) is 1.41. The van der Waals surface area contributed by atoms with Crippen LogP contribution < -0.4 is 10.7 Å². The van der Waals surface area contributed by atoms with E-state index in [4.69, 9.17) is 10.5 Å². The average molecular weight is 297 g/mol. The van der Waals surface area contributed by atoms with Crippen molar-refractivity contribution in [3.05, 3.63) is 34.9 Å². The number of carbonyl (C=O) groups is 1. The van der Waals surface area contributed by atoms with Crippen molar-refractivity contribution in [3.63, 3.8) is 0 Å². The van der Waals surface area contributed by atoms with Crippen molar-refractivity contribution in [2.45, 2.75) is 0 Å². The number of carbonyl (C=O) groups excluding carboxylic acids is 1. The summed E-state index contributed by atoms with van der Waals surface area (Å²) >= 11 is 1.32. The molecule has 102 valence electrons. The maximum absolute atomic E-state index is 11.7. The number of amides is 1. The Hall–Kier alpha value is -3.30.